The van der Waals surface area contributed by atoms with E-state index < -0.39 is 0 Å². The SMILES string of the molecule is Nc1cc2cc(Br)c(Br)cc2s1. The molecule has 2 N–H and O–H groups in total. The molecule has 0 aliphatic carbocycles. The zero-order chi connectivity index (χ0) is 8.72. The van der Waals surface area contributed by atoms with Crippen molar-refractivity contribution in [3.05, 3.63) is 27.1 Å². The monoisotopic (exact) mass is 305 g/mol. The van der Waals surface area contributed by atoms with Crippen molar-refractivity contribution in [2.24, 2.45) is 0 Å². The highest BCUT2D eigenvalue weighted by atomic mass is 79.9. The van der Waals surface area contributed by atoms with Gasteiger partial charge in [0.1, 0.15) is 0 Å². The zero-order valence-electron chi connectivity index (χ0n) is 5.97. The van der Waals surface area contributed by atoms with Crippen molar-refractivity contribution in [1.29, 1.82) is 0 Å². The number of halogens is 2. The molecule has 12 heavy (non-hydrogen) atoms. The van der Waals surface area contributed by atoms with E-state index in [4.69, 9.17) is 5.73 Å². The number of nitrogens with two attached hydrogens (primary N) is 1. The number of thiophene rings is 1. The summed E-state index contributed by atoms with van der Waals surface area (Å²) in [5.74, 6) is 0. The molecular weight excluding hydrogens is 302 g/mol. The van der Waals surface area contributed by atoms with Crippen molar-refractivity contribution >= 4 is 58.3 Å². The van der Waals surface area contributed by atoms with Gasteiger partial charge in [-0.1, -0.05) is 0 Å². The molecule has 0 spiro atoms. The van der Waals surface area contributed by atoms with Gasteiger partial charge in [-0.2, -0.15) is 0 Å². The first-order valence-corrected chi connectivity index (χ1v) is 5.71. The summed E-state index contributed by atoms with van der Waals surface area (Å²) in [6.45, 7) is 0. The Hall–Kier alpha value is -0.0600. The first-order chi connectivity index (χ1) is 5.66. The highest BCUT2D eigenvalue weighted by molar-refractivity contribution is 9.13. The molecule has 2 aromatic rings. The number of nitrogen functional groups attached to an aromatic ring is 1. The van der Waals surface area contributed by atoms with E-state index in [1.807, 2.05) is 6.07 Å². The maximum atomic E-state index is 5.68. The molecule has 1 aromatic carbocycles. The Kier molecular flexibility index (Phi) is 2.14. The van der Waals surface area contributed by atoms with Crippen LogP contribution in [0.15, 0.2) is 27.1 Å². The van der Waals surface area contributed by atoms with Gasteiger partial charge in [0.25, 0.3) is 0 Å². The van der Waals surface area contributed by atoms with Crippen molar-refractivity contribution in [2.75, 3.05) is 5.73 Å². The third-order valence-corrected chi connectivity index (χ3v) is 4.35. The molecular formula is C8H5Br2NS. The van der Waals surface area contributed by atoms with Crippen LogP contribution in [0.3, 0.4) is 0 Å². The topological polar surface area (TPSA) is 26.0 Å². The molecule has 1 nitrogen and oxygen atoms in total. The molecule has 0 amide bonds. The largest absolute Gasteiger partial charge is 0.391 e. The fraction of sp³-hybridized carbons (Fsp3) is 0. The fourth-order valence-electron chi connectivity index (χ4n) is 1.05. The van der Waals surface area contributed by atoms with Gasteiger partial charge in [-0.05, 0) is 55.4 Å². The Morgan fingerprint density at radius 1 is 1.08 bits per heavy atom. The van der Waals surface area contributed by atoms with E-state index in [2.05, 4.69) is 44.0 Å². The normalized spacial score (nSPS) is 10.8. The first kappa shape index (κ1) is 8.53. The fourth-order valence-corrected chi connectivity index (χ4v) is 2.76. The van der Waals surface area contributed by atoms with E-state index in [-0.39, 0.29) is 0 Å². The molecule has 0 aliphatic rings. The van der Waals surface area contributed by atoms with E-state index in [0.29, 0.717) is 0 Å². The molecule has 0 unspecified atom stereocenters. The molecule has 0 radical (unpaired) electrons. The predicted molar refractivity (Wildman–Crippen MR) is 61.6 cm³/mol. The van der Waals surface area contributed by atoms with E-state index in [1.165, 1.54) is 10.1 Å². The molecule has 4 heteroatoms. The summed E-state index contributed by atoms with van der Waals surface area (Å²) in [5.41, 5.74) is 5.68. The number of benzene rings is 1. The first-order valence-electron chi connectivity index (χ1n) is 3.31. The minimum atomic E-state index is 0.856. The van der Waals surface area contributed by atoms with Crippen LogP contribution in [0.25, 0.3) is 10.1 Å². The van der Waals surface area contributed by atoms with Crippen molar-refractivity contribution < 1.29 is 0 Å². The van der Waals surface area contributed by atoms with E-state index in [0.717, 1.165) is 13.9 Å². The lowest BCUT2D eigenvalue weighted by Gasteiger charge is -1.94. The molecule has 0 bridgehead atoms. The molecule has 1 heterocycles. The summed E-state index contributed by atoms with van der Waals surface area (Å²) >= 11 is 8.49. The standard InChI is InChI=1S/C8H5Br2NS/c9-5-1-4-2-8(11)12-7(4)3-6(5)10/h1-3H,11H2. The van der Waals surface area contributed by atoms with E-state index in [9.17, 15) is 0 Å². The van der Waals surface area contributed by atoms with Crippen molar-refractivity contribution in [3.63, 3.8) is 0 Å². The molecule has 0 fully saturated rings. The summed E-state index contributed by atoms with van der Waals surface area (Å²) in [4.78, 5) is 0. The molecule has 1 aromatic heterocycles. The molecule has 2 rings (SSSR count). The van der Waals surface area contributed by atoms with Crippen LogP contribution in [0, 0.1) is 0 Å². The highest BCUT2D eigenvalue weighted by Crippen LogP contribution is 2.34. The van der Waals surface area contributed by atoms with Gasteiger partial charge in [-0.25, -0.2) is 0 Å². The van der Waals surface area contributed by atoms with Gasteiger partial charge in [-0.3, -0.25) is 0 Å². The predicted octanol–water partition coefficient (Wildman–Crippen LogP) is 4.01. The van der Waals surface area contributed by atoms with Gasteiger partial charge >= 0.3 is 0 Å². The number of rotatable bonds is 0. The number of hydrogen-bond acceptors (Lipinski definition) is 2. The number of hydrogen-bond donors (Lipinski definition) is 1. The van der Waals surface area contributed by atoms with Crippen LogP contribution in [0.1, 0.15) is 0 Å². The van der Waals surface area contributed by atoms with E-state index >= 15 is 0 Å². The van der Waals surface area contributed by atoms with Crippen molar-refractivity contribution in [1.82, 2.24) is 0 Å². The Morgan fingerprint density at radius 2 is 1.75 bits per heavy atom. The second-order valence-electron chi connectivity index (χ2n) is 2.45. The maximum Gasteiger partial charge on any atom is 0.0868 e. The lowest BCUT2D eigenvalue weighted by Crippen LogP contribution is -1.72. The highest BCUT2D eigenvalue weighted by Gasteiger charge is 2.02. The van der Waals surface area contributed by atoms with Gasteiger partial charge < -0.3 is 5.73 Å². The molecule has 0 saturated heterocycles. The molecule has 0 saturated carbocycles. The van der Waals surface area contributed by atoms with Gasteiger partial charge in [0.2, 0.25) is 0 Å². The average Bonchev–Trinajstić information content (AvgIpc) is 2.30. The molecule has 62 valence electrons. The summed E-state index contributed by atoms with van der Waals surface area (Å²) in [7, 11) is 0. The van der Waals surface area contributed by atoms with Crippen LogP contribution in [0.4, 0.5) is 5.00 Å². The Bertz CT molecular complexity index is 397. The molecule has 0 atom stereocenters. The summed E-state index contributed by atoms with van der Waals surface area (Å²) < 4.78 is 3.34. The minimum absolute atomic E-state index is 0.856. The lowest BCUT2D eigenvalue weighted by molar-refractivity contribution is 1.68. The van der Waals surface area contributed by atoms with E-state index in [1.54, 1.807) is 11.3 Å². The third kappa shape index (κ3) is 1.39. The Labute approximate surface area is 90.8 Å². The van der Waals surface area contributed by atoms with Crippen molar-refractivity contribution in [3.8, 4) is 0 Å². The second-order valence-corrected chi connectivity index (χ2v) is 5.28. The van der Waals surface area contributed by atoms with Crippen LogP contribution in [-0.4, -0.2) is 0 Å². The molecule has 0 aliphatic heterocycles. The maximum absolute atomic E-state index is 5.68. The van der Waals surface area contributed by atoms with Crippen LogP contribution in [-0.2, 0) is 0 Å². The second kappa shape index (κ2) is 3.01. The van der Waals surface area contributed by atoms with Gasteiger partial charge in [0, 0.05) is 13.6 Å². The zero-order valence-corrected chi connectivity index (χ0v) is 9.96. The number of fused-ring (bicyclic) bond motifs is 1. The lowest BCUT2D eigenvalue weighted by atomic mass is 10.3. The van der Waals surface area contributed by atoms with Crippen LogP contribution in [0.2, 0.25) is 0 Å². The van der Waals surface area contributed by atoms with Gasteiger partial charge in [0.05, 0.1) is 5.00 Å². The average molecular weight is 307 g/mol. The third-order valence-electron chi connectivity index (χ3n) is 1.58. The van der Waals surface area contributed by atoms with Crippen molar-refractivity contribution in [2.45, 2.75) is 0 Å². The smallest absolute Gasteiger partial charge is 0.0868 e. The minimum Gasteiger partial charge on any atom is -0.391 e. The summed E-state index contributed by atoms with van der Waals surface area (Å²) in [6, 6.07) is 6.12. The van der Waals surface area contributed by atoms with Crippen LogP contribution >= 0.6 is 43.2 Å². The quantitative estimate of drug-likeness (QED) is 0.782. The Morgan fingerprint density at radius 3 is 2.50 bits per heavy atom. The summed E-state index contributed by atoms with van der Waals surface area (Å²) in [5, 5.41) is 2.04. The number of anilines is 1. The van der Waals surface area contributed by atoms with Gasteiger partial charge in [-0.15, -0.1) is 11.3 Å². The van der Waals surface area contributed by atoms with Gasteiger partial charge in [0.15, 0.2) is 0 Å². The Balaban J connectivity index is 2.83. The van der Waals surface area contributed by atoms with Crippen LogP contribution < -0.4 is 5.73 Å². The summed E-state index contributed by atoms with van der Waals surface area (Å²) in [6.07, 6.45) is 0. The van der Waals surface area contributed by atoms with Crippen LogP contribution in [0.5, 0.6) is 0 Å².